The summed E-state index contributed by atoms with van der Waals surface area (Å²) in [5.74, 6) is -0.0559. The first kappa shape index (κ1) is 29.2. The lowest BCUT2D eigenvalue weighted by atomic mass is 9.84. The topological polar surface area (TPSA) is 66.8 Å². The van der Waals surface area contributed by atoms with Gasteiger partial charge in [0.25, 0.3) is 5.91 Å². The molecule has 1 amide bonds. The van der Waals surface area contributed by atoms with E-state index in [1.165, 1.54) is 36.3 Å². The first-order valence-electron chi connectivity index (χ1n) is 13.6. The second kappa shape index (κ2) is 13.0. The van der Waals surface area contributed by atoms with E-state index in [2.05, 4.69) is 0 Å². The normalized spacial score (nSPS) is 14.9. The number of hydrogen-bond donors (Lipinski definition) is 1. The van der Waals surface area contributed by atoms with Gasteiger partial charge >= 0.3 is 12.1 Å². The number of carbonyl (C=O) groups excluding carboxylic acids is 1. The Bertz CT molecular complexity index is 1270. The number of amides is 1. The van der Waals surface area contributed by atoms with Gasteiger partial charge in [-0.1, -0.05) is 68.5 Å². The molecule has 40 heavy (non-hydrogen) atoms. The van der Waals surface area contributed by atoms with Crippen molar-refractivity contribution in [3.63, 3.8) is 0 Å². The highest BCUT2D eigenvalue weighted by molar-refractivity contribution is 5.94. The van der Waals surface area contributed by atoms with Crippen LogP contribution in [0.25, 0.3) is 11.1 Å². The Kier molecular flexibility index (Phi) is 9.50. The van der Waals surface area contributed by atoms with Gasteiger partial charge in [-0.05, 0) is 65.4 Å². The summed E-state index contributed by atoms with van der Waals surface area (Å²) in [5.41, 5.74) is 2.29. The summed E-state index contributed by atoms with van der Waals surface area (Å²) in [7, 11) is 1.57. The van der Waals surface area contributed by atoms with Gasteiger partial charge in [-0.15, -0.1) is 0 Å². The van der Waals surface area contributed by atoms with E-state index in [0.717, 1.165) is 42.5 Å². The molecule has 1 unspecified atom stereocenters. The molecule has 4 rings (SSSR count). The van der Waals surface area contributed by atoms with Crippen molar-refractivity contribution in [2.45, 2.75) is 57.2 Å². The Hall–Kier alpha value is -3.81. The summed E-state index contributed by atoms with van der Waals surface area (Å²) in [6.45, 7) is 0.123. The molecule has 0 saturated heterocycles. The predicted molar refractivity (Wildman–Crippen MR) is 147 cm³/mol. The number of aliphatic carboxylic acids is 1. The van der Waals surface area contributed by atoms with Gasteiger partial charge in [0.15, 0.2) is 0 Å². The van der Waals surface area contributed by atoms with E-state index in [1.807, 2.05) is 24.3 Å². The van der Waals surface area contributed by atoms with Gasteiger partial charge in [0.05, 0.1) is 12.0 Å². The van der Waals surface area contributed by atoms with Gasteiger partial charge in [0, 0.05) is 19.2 Å². The molecule has 0 spiro atoms. The Morgan fingerprint density at radius 1 is 0.900 bits per heavy atom. The van der Waals surface area contributed by atoms with Crippen molar-refractivity contribution in [3.05, 3.63) is 89.5 Å². The van der Waals surface area contributed by atoms with Crippen LogP contribution in [-0.4, -0.2) is 35.5 Å². The van der Waals surface area contributed by atoms with E-state index in [1.54, 1.807) is 31.3 Å². The molecule has 1 saturated carbocycles. The largest absolute Gasteiger partial charge is 0.486 e. The minimum atomic E-state index is -4.37. The quantitative estimate of drug-likeness (QED) is 0.276. The fourth-order valence-electron chi connectivity index (χ4n) is 5.15. The first-order chi connectivity index (χ1) is 19.1. The van der Waals surface area contributed by atoms with E-state index in [-0.39, 0.29) is 25.0 Å². The lowest BCUT2D eigenvalue weighted by Gasteiger charge is -2.27. The molecule has 0 heterocycles. The fraction of sp³-hybridized carbons (Fsp3) is 0.375. The molecule has 1 aliphatic rings. The van der Waals surface area contributed by atoms with E-state index in [4.69, 9.17) is 9.84 Å². The van der Waals surface area contributed by atoms with Crippen LogP contribution >= 0.6 is 0 Å². The van der Waals surface area contributed by atoms with Gasteiger partial charge in [-0.2, -0.15) is 13.2 Å². The zero-order valence-electron chi connectivity index (χ0n) is 22.5. The summed E-state index contributed by atoms with van der Waals surface area (Å²) in [4.78, 5) is 24.8. The molecule has 5 nitrogen and oxygen atoms in total. The third-order valence-electron chi connectivity index (χ3n) is 7.49. The smallest absolute Gasteiger partial charge is 0.416 e. The number of rotatable bonds is 10. The van der Waals surface area contributed by atoms with Crippen molar-refractivity contribution >= 4 is 11.9 Å². The average Bonchev–Trinajstić information content (AvgIpc) is 2.96. The highest BCUT2D eigenvalue weighted by Gasteiger charge is 2.30. The summed E-state index contributed by atoms with van der Waals surface area (Å²) >= 11 is 0. The van der Waals surface area contributed by atoms with Crippen LogP contribution in [0.3, 0.4) is 0 Å². The third-order valence-corrected chi connectivity index (χ3v) is 7.49. The van der Waals surface area contributed by atoms with Crippen molar-refractivity contribution in [3.8, 4) is 16.9 Å². The summed E-state index contributed by atoms with van der Waals surface area (Å²) < 4.78 is 45.3. The summed E-state index contributed by atoms with van der Waals surface area (Å²) in [6.07, 6.45) is 2.10. The summed E-state index contributed by atoms with van der Waals surface area (Å²) in [5, 5.41) is 8.86. The number of carboxylic acids is 1. The van der Waals surface area contributed by atoms with E-state index in [0.29, 0.717) is 22.8 Å². The van der Waals surface area contributed by atoms with Crippen molar-refractivity contribution in [1.29, 1.82) is 0 Å². The van der Waals surface area contributed by atoms with E-state index in [9.17, 15) is 22.8 Å². The zero-order chi connectivity index (χ0) is 28.7. The molecular formula is C32H34F3NO4. The number of nitrogens with zero attached hydrogens (tertiary/aromatic N) is 1. The van der Waals surface area contributed by atoms with Gasteiger partial charge in [-0.3, -0.25) is 9.59 Å². The molecular weight excluding hydrogens is 519 g/mol. The molecule has 1 N–H and O–H groups in total. The van der Waals surface area contributed by atoms with Crippen LogP contribution in [0.1, 0.15) is 72.5 Å². The first-order valence-corrected chi connectivity index (χ1v) is 13.6. The number of carboxylic acid groups (broad SMARTS) is 1. The molecule has 1 fully saturated rings. The number of alkyl halides is 3. The number of halogens is 3. The SMILES string of the molecule is CN(CCC(=O)O)C(=O)c1ccc(OC(CC2CCCCC2)c2ccc(-c3ccc(C(F)(F)F)cc3)cc2)cc1. The highest BCUT2D eigenvalue weighted by atomic mass is 19.4. The number of hydrogen-bond acceptors (Lipinski definition) is 3. The summed E-state index contributed by atoms with van der Waals surface area (Å²) in [6, 6.07) is 19.8. The Morgan fingerprint density at radius 2 is 1.48 bits per heavy atom. The van der Waals surface area contributed by atoms with E-state index >= 15 is 0 Å². The molecule has 0 aliphatic heterocycles. The molecule has 0 aromatic heterocycles. The number of carbonyl (C=O) groups is 2. The van der Waals surface area contributed by atoms with Crippen molar-refractivity contribution < 1.29 is 32.6 Å². The zero-order valence-corrected chi connectivity index (χ0v) is 22.5. The van der Waals surface area contributed by atoms with Crippen molar-refractivity contribution in [2.75, 3.05) is 13.6 Å². The lowest BCUT2D eigenvalue weighted by molar-refractivity contribution is -0.138. The van der Waals surface area contributed by atoms with Crippen LogP contribution in [0.2, 0.25) is 0 Å². The predicted octanol–water partition coefficient (Wildman–Crippen LogP) is 8.01. The fourth-order valence-corrected chi connectivity index (χ4v) is 5.15. The Labute approximate surface area is 232 Å². The molecule has 3 aromatic carbocycles. The molecule has 1 atom stereocenters. The van der Waals surface area contributed by atoms with Gasteiger partial charge in [0.1, 0.15) is 11.9 Å². The van der Waals surface area contributed by atoms with Crippen LogP contribution in [-0.2, 0) is 11.0 Å². The van der Waals surface area contributed by atoms with Crippen LogP contribution in [0.15, 0.2) is 72.8 Å². The van der Waals surface area contributed by atoms with Crippen LogP contribution in [0, 0.1) is 5.92 Å². The molecule has 8 heteroatoms. The van der Waals surface area contributed by atoms with Gasteiger partial charge in [0.2, 0.25) is 0 Å². The van der Waals surface area contributed by atoms with Gasteiger partial charge < -0.3 is 14.7 Å². The van der Waals surface area contributed by atoms with Crippen LogP contribution < -0.4 is 4.74 Å². The van der Waals surface area contributed by atoms with Crippen LogP contribution in [0.5, 0.6) is 5.75 Å². The molecule has 212 valence electrons. The number of ether oxygens (including phenoxy) is 1. The second-order valence-electron chi connectivity index (χ2n) is 10.4. The van der Waals surface area contributed by atoms with Crippen molar-refractivity contribution in [2.24, 2.45) is 5.92 Å². The third kappa shape index (κ3) is 7.87. The van der Waals surface area contributed by atoms with Crippen LogP contribution in [0.4, 0.5) is 13.2 Å². The average molecular weight is 554 g/mol. The second-order valence-corrected chi connectivity index (χ2v) is 10.4. The van der Waals surface area contributed by atoms with Gasteiger partial charge in [-0.25, -0.2) is 0 Å². The Balaban J connectivity index is 1.49. The molecule has 1 aliphatic carbocycles. The maximum Gasteiger partial charge on any atom is 0.416 e. The maximum absolute atomic E-state index is 12.9. The molecule has 3 aromatic rings. The lowest BCUT2D eigenvalue weighted by Crippen LogP contribution is -2.28. The number of benzene rings is 3. The molecule has 0 bridgehead atoms. The molecule has 0 radical (unpaired) electrons. The van der Waals surface area contributed by atoms with E-state index < -0.39 is 17.7 Å². The highest BCUT2D eigenvalue weighted by Crippen LogP contribution is 2.36. The minimum Gasteiger partial charge on any atom is -0.486 e. The maximum atomic E-state index is 12.9. The van der Waals surface area contributed by atoms with Crippen molar-refractivity contribution in [1.82, 2.24) is 4.90 Å². The standard InChI is InChI=1S/C32H34F3NO4/c1-36(20-19-30(37)38)31(39)26-13-17-28(18-14-26)40-29(21-22-5-3-2-4-6-22)25-9-7-23(8-10-25)24-11-15-27(16-12-24)32(33,34)35/h7-18,22,29H,2-6,19-21H2,1H3,(H,37,38). The monoisotopic (exact) mass is 553 g/mol. The Morgan fingerprint density at radius 3 is 2.02 bits per heavy atom. The minimum absolute atomic E-state index is 0.121.